The lowest BCUT2D eigenvalue weighted by molar-refractivity contribution is 0.453. The fourth-order valence-electron chi connectivity index (χ4n) is 2.74. The second kappa shape index (κ2) is 4.38. The van der Waals surface area contributed by atoms with Gasteiger partial charge in [0.05, 0.1) is 0 Å². The van der Waals surface area contributed by atoms with Crippen molar-refractivity contribution in [3.8, 4) is 0 Å². The molecule has 1 aromatic heterocycles. The van der Waals surface area contributed by atoms with E-state index in [4.69, 9.17) is 11.6 Å². The molecule has 1 fully saturated rings. The van der Waals surface area contributed by atoms with Crippen LogP contribution < -0.4 is 0 Å². The lowest BCUT2D eigenvalue weighted by Crippen LogP contribution is -2.17. The third kappa shape index (κ3) is 1.76. The molecule has 0 amide bonds. The molecule has 1 aliphatic carbocycles. The zero-order valence-corrected chi connectivity index (χ0v) is 10.7. The van der Waals surface area contributed by atoms with Crippen LogP contribution in [0.25, 0.3) is 10.1 Å². The van der Waals surface area contributed by atoms with Crippen molar-refractivity contribution in [1.82, 2.24) is 0 Å². The smallest absolute Gasteiger partial charge is 0.0405 e. The van der Waals surface area contributed by atoms with Crippen LogP contribution in [0.15, 0.2) is 29.6 Å². The largest absolute Gasteiger partial charge is 0.144 e. The summed E-state index contributed by atoms with van der Waals surface area (Å²) in [5.74, 6) is 0.567. The molecule has 0 radical (unpaired) electrons. The first kappa shape index (κ1) is 10.6. The fraction of sp³-hybridized carbons (Fsp3) is 0.429. The van der Waals surface area contributed by atoms with Gasteiger partial charge in [-0.1, -0.05) is 31.0 Å². The van der Waals surface area contributed by atoms with Crippen molar-refractivity contribution in [3.63, 3.8) is 0 Å². The maximum absolute atomic E-state index is 6.49. The van der Waals surface area contributed by atoms with Gasteiger partial charge in [-0.15, -0.1) is 22.9 Å². The zero-order valence-electron chi connectivity index (χ0n) is 9.16. The van der Waals surface area contributed by atoms with Crippen LogP contribution >= 0.6 is 22.9 Å². The molecule has 2 unspecified atom stereocenters. The minimum atomic E-state index is 0.335. The number of halogens is 1. The first-order valence-corrected chi connectivity index (χ1v) is 7.28. The van der Waals surface area contributed by atoms with Crippen molar-refractivity contribution >= 4 is 33.0 Å². The predicted molar refractivity (Wildman–Crippen MR) is 72.7 cm³/mol. The van der Waals surface area contributed by atoms with Gasteiger partial charge in [0.1, 0.15) is 0 Å². The molecule has 0 N–H and O–H groups in total. The van der Waals surface area contributed by atoms with E-state index >= 15 is 0 Å². The second-order valence-electron chi connectivity index (χ2n) is 4.59. The second-order valence-corrected chi connectivity index (χ2v) is 6.07. The van der Waals surface area contributed by atoms with E-state index in [1.165, 1.54) is 41.3 Å². The van der Waals surface area contributed by atoms with Crippen LogP contribution in [-0.2, 0) is 0 Å². The SMILES string of the molecule is ClC1CCCCC1c1cccc2ccsc12. The topological polar surface area (TPSA) is 0 Å². The third-order valence-electron chi connectivity index (χ3n) is 3.59. The molecule has 2 aromatic rings. The first-order valence-electron chi connectivity index (χ1n) is 5.96. The Morgan fingerprint density at radius 1 is 1.12 bits per heavy atom. The number of thiophene rings is 1. The Labute approximate surface area is 105 Å². The van der Waals surface area contributed by atoms with Gasteiger partial charge in [-0.3, -0.25) is 0 Å². The summed E-state index contributed by atoms with van der Waals surface area (Å²) >= 11 is 8.34. The van der Waals surface area contributed by atoms with E-state index in [1.54, 1.807) is 0 Å². The Kier molecular flexibility index (Phi) is 2.91. The van der Waals surface area contributed by atoms with Gasteiger partial charge in [-0.2, -0.15) is 0 Å². The van der Waals surface area contributed by atoms with Crippen LogP contribution in [0.4, 0.5) is 0 Å². The Balaban J connectivity index is 2.07. The van der Waals surface area contributed by atoms with Gasteiger partial charge < -0.3 is 0 Å². The summed E-state index contributed by atoms with van der Waals surface area (Å²) in [6, 6.07) is 8.84. The highest BCUT2D eigenvalue weighted by Gasteiger charge is 2.26. The van der Waals surface area contributed by atoms with E-state index < -0.39 is 0 Å². The Hall–Kier alpha value is -0.530. The van der Waals surface area contributed by atoms with Gasteiger partial charge in [0.15, 0.2) is 0 Å². The normalized spacial score (nSPS) is 26.1. The van der Waals surface area contributed by atoms with E-state index in [0.29, 0.717) is 11.3 Å². The van der Waals surface area contributed by atoms with Gasteiger partial charge >= 0.3 is 0 Å². The van der Waals surface area contributed by atoms with Crippen LogP contribution in [0.3, 0.4) is 0 Å². The van der Waals surface area contributed by atoms with Crippen molar-refractivity contribution in [3.05, 3.63) is 35.2 Å². The molecular weight excluding hydrogens is 236 g/mol. The highest BCUT2D eigenvalue weighted by molar-refractivity contribution is 7.17. The molecule has 0 nitrogen and oxygen atoms in total. The average molecular weight is 251 g/mol. The quantitative estimate of drug-likeness (QED) is 0.613. The summed E-state index contributed by atoms with van der Waals surface area (Å²) in [6.45, 7) is 0. The summed E-state index contributed by atoms with van der Waals surface area (Å²) in [5, 5.41) is 3.89. The molecule has 0 aliphatic heterocycles. The molecule has 1 aliphatic rings. The van der Waals surface area contributed by atoms with Crippen LogP contribution in [0.1, 0.15) is 37.2 Å². The number of fused-ring (bicyclic) bond motifs is 1. The van der Waals surface area contributed by atoms with Gasteiger partial charge in [0.2, 0.25) is 0 Å². The van der Waals surface area contributed by atoms with E-state index in [2.05, 4.69) is 29.6 Å². The van der Waals surface area contributed by atoms with Crippen molar-refractivity contribution in [2.75, 3.05) is 0 Å². The molecule has 1 saturated carbocycles. The number of hydrogen-bond acceptors (Lipinski definition) is 1. The molecule has 0 spiro atoms. The summed E-state index contributed by atoms with van der Waals surface area (Å²) in [7, 11) is 0. The van der Waals surface area contributed by atoms with Gasteiger partial charge in [0, 0.05) is 16.0 Å². The maximum Gasteiger partial charge on any atom is 0.0405 e. The lowest BCUT2D eigenvalue weighted by atomic mass is 9.83. The number of alkyl halides is 1. The average Bonchev–Trinajstić information content (AvgIpc) is 2.77. The number of benzene rings is 1. The van der Waals surface area contributed by atoms with Crippen LogP contribution in [0.2, 0.25) is 0 Å². The van der Waals surface area contributed by atoms with Crippen LogP contribution in [0.5, 0.6) is 0 Å². The summed E-state index contributed by atoms with van der Waals surface area (Å²) in [5.41, 5.74) is 1.48. The molecule has 0 saturated heterocycles. The Bertz CT molecular complexity index is 488. The maximum atomic E-state index is 6.49. The molecule has 2 atom stereocenters. The molecule has 1 aromatic carbocycles. The van der Waals surface area contributed by atoms with Gasteiger partial charge in [-0.25, -0.2) is 0 Å². The van der Waals surface area contributed by atoms with Crippen LogP contribution in [-0.4, -0.2) is 5.38 Å². The molecule has 0 bridgehead atoms. The van der Waals surface area contributed by atoms with Crippen LogP contribution in [0, 0.1) is 0 Å². The summed E-state index contributed by atoms with van der Waals surface area (Å²) < 4.78 is 1.44. The third-order valence-corrected chi connectivity index (χ3v) is 5.09. The van der Waals surface area contributed by atoms with Crippen molar-refractivity contribution < 1.29 is 0 Å². The fourth-order valence-corrected chi connectivity index (χ4v) is 4.14. The molecule has 3 rings (SSSR count). The minimum Gasteiger partial charge on any atom is -0.144 e. The van der Waals surface area contributed by atoms with E-state index in [-0.39, 0.29) is 0 Å². The zero-order chi connectivity index (χ0) is 11.0. The minimum absolute atomic E-state index is 0.335. The van der Waals surface area contributed by atoms with E-state index in [1.807, 2.05) is 11.3 Å². The predicted octanol–water partition coefficient (Wildman–Crippen LogP) is 5.17. The standard InChI is InChI=1S/C14H15ClS/c15-13-7-2-1-5-11(13)12-6-3-4-10-8-9-16-14(10)12/h3-4,6,8-9,11,13H,1-2,5,7H2. The first-order chi connectivity index (χ1) is 7.86. The van der Waals surface area contributed by atoms with E-state index in [0.717, 1.165) is 0 Å². The molecule has 2 heteroatoms. The highest BCUT2D eigenvalue weighted by Crippen LogP contribution is 2.40. The molecule has 1 heterocycles. The molecule has 16 heavy (non-hydrogen) atoms. The highest BCUT2D eigenvalue weighted by atomic mass is 35.5. The number of rotatable bonds is 1. The van der Waals surface area contributed by atoms with Crippen molar-refractivity contribution in [2.45, 2.75) is 37.0 Å². The van der Waals surface area contributed by atoms with Gasteiger partial charge in [-0.05, 0) is 35.2 Å². The van der Waals surface area contributed by atoms with Crippen molar-refractivity contribution in [2.24, 2.45) is 0 Å². The van der Waals surface area contributed by atoms with E-state index in [9.17, 15) is 0 Å². The van der Waals surface area contributed by atoms with Crippen molar-refractivity contribution in [1.29, 1.82) is 0 Å². The molecule has 84 valence electrons. The summed E-state index contributed by atoms with van der Waals surface area (Å²) in [4.78, 5) is 0. The lowest BCUT2D eigenvalue weighted by Gasteiger charge is -2.27. The Morgan fingerprint density at radius 3 is 2.88 bits per heavy atom. The monoisotopic (exact) mass is 250 g/mol. The Morgan fingerprint density at radius 2 is 2.00 bits per heavy atom. The summed E-state index contributed by atoms with van der Waals surface area (Å²) in [6.07, 6.45) is 5.06. The molecular formula is C14H15ClS. The van der Waals surface area contributed by atoms with Gasteiger partial charge in [0.25, 0.3) is 0 Å². The number of hydrogen-bond donors (Lipinski definition) is 0.